The molecule has 1 aromatic rings. The van der Waals surface area contributed by atoms with Crippen molar-refractivity contribution >= 4 is 11.7 Å². The van der Waals surface area contributed by atoms with Gasteiger partial charge in [-0.3, -0.25) is 9.78 Å². The quantitative estimate of drug-likeness (QED) is 0.805. The van der Waals surface area contributed by atoms with E-state index in [2.05, 4.69) is 29.1 Å². The third-order valence-electron chi connectivity index (χ3n) is 2.55. The van der Waals surface area contributed by atoms with Crippen molar-refractivity contribution in [3.63, 3.8) is 0 Å². The number of nitrogens with one attached hydrogen (secondary N) is 1. The molecule has 19 heavy (non-hydrogen) atoms. The van der Waals surface area contributed by atoms with Gasteiger partial charge in [-0.15, -0.1) is 0 Å². The van der Waals surface area contributed by atoms with Crippen LogP contribution in [0.1, 0.15) is 24.3 Å². The Kier molecular flexibility index (Phi) is 6.21. The lowest BCUT2D eigenvalue weighted by Gasteiger charge is -2.23. The van der Waals surface area contributed by atoms with Gasteiger partial charge < -0.3 is 15.0 Å². The Balaban J connectivity index is 2.84. The van der Waals surface area contributed by atoms with Crippen LogP contribution in [0.4, 0.5) is 5.82 Å². The summed E-state index contributed by atoms with van der Waals surface area (Å²) in [7, 11) is 3.37. The number of hydrogen-bond donors (Lipinski definition) is 1. The molecule has 0 aliphatic heterocycles. The summed E-state index contributed by atoms with van der Waals surface area (Å²) in [5, 5.41) is 2.88. The molecular weight excluding hydrogens is 244 g/mol. The number of methoxy groups -OCH3 is 1. The van der Waals surface area contributed by atoms with E-state index in [-0.39, 0.29) is 5.91 Å². The van der Waals surface area contributed by atoms with Crippen LogP contribution in [-0.4, -0.2) is 54.6 Å². The third-order valence-corrected chi connectivity index (χ3v) is 2.55. The number of amides is 1. The van der Waals surface area contributed by atoms with Gasteiger partial charge in [-0.1, -0.05) is 13.8 Å². The van der Waals surface area contributed by atoms with E-state index in [0.29, 0.717) is 37.1 Å². The Hall–Kier alpha value is -1.69. The van der Waals surface area contributed by atoms with Gasteiger partial charge in [0.25, 0.3) is 5.91 Å². The average molecular weight is 266 g/mol. The van der Waals surface area contributed by atoms with E-state index in [1.807, 2.05) is 0 Å². The van der Waals surface area contributed by atoms with E-state index in [4.69, 9.17) is 4.74 Å². The number of anilines is 1. The third kappa shape index (κ3) is 4.82. The zero-order valence-corrected chi connectivity index (χ0v) is 12.0. The van der Waals surface area contributed by atoms with Crippen molar-refractivity contribution in [1.82, 2.24) is 14.9 Å². The van der Waals surface area contributed by atoms with E-state index in [0.717, 1.165) is 0 Å². The van der Waals surface area contributed by atoms with Gasteiger partial charge in [-0.05, 0) is 5.92 Å². The summed E-state index contributed by atoms with van der Waals surface area (Å²) >= 11 is 0. The van der Waals surface area contributed by atoms with Crippen molar-refractivity contribution in [1.29, 1.82) is 0 Å². The van der Waals surface area contributed by atoms with Crippen molar-refractivity contribution in [3.8, 4) is 0 Å². The van der Waals surface area contributed by atoms with Crippen LogP contribution in [0.2, 0.25) is 0 Å². The lowest BCUT2D eigenvalue weighted by molar-refractivity contribution is 0.0666. The lowest BCUT2D eigenvalue weighted by atomic mass is 10.2. The second-order valence-corrected chi connectivity index (χ2v) is 4.68. The number of ether oxygens (including phenoxy) is 1. The van der Waals surface area contributed by atoms with E-state index in [9.17, 15) is 4.79 Å². The molecule has 1 heterocycles. The fourth-order valence-corrected chi connectivity index (χ4v) is 1.67. The molecule has 6 nitrogen and oxygen atoms in total. The van der Waals surface area contributed by atoms with Gasteiger partial charge >= 0.3 is 0 Å². The van der Waals surface area contributed by atoms with Crippen molar-refractivity contribution in [3.05, 3.63) is 18.1 Å². The monoisotopic (exact) mass is 266 g/mol. The van der Waals surface area contributed by atoms with Gasteiger partial charge in [0.1, 0.15) is 11.5 Å². The summed E-state index contributed by atoms with van der Waals surface area (Å²) in [5.74, 6) is 0.860. The predicted molar refractivity (Wildman–Crippen MR) is 74.2 cm³/mol. The van der Waals surface area contributed by atoms with Crippen LogP contribution in [0.3, 0.4) is 0 Å². The minimum Gasteiger partial charge on any atom is -0.383 e. The average Bonchev–Trinajstić information content (AvgIpc) is 2.42. The highest BCUT2D eigenvalue weighted by molar-refractivity contribution is 5.92. The van der Waals surface area contributed by atoms with Gasteiger partial charge in [0.15, 0.2) is 0 Å². The molecule has 0 atom stereocenters. The summed E-state index contributed by atoms with van der Waals surface area (Å²) < 4.78 is 5.04. The van der Waals surface area contributed by atoms with Gasteiger partial charge in [0, 0.05) is 27.2 Å². The highest BCUT2D eigenvalue weighted by Gasteiger charge is 2.18. The Labute approximate surface area is 114 Å². The molecule has 0 aliphatic carbocycles. The van der Waals surface area contributed by atoms with Gasteiger partial charge in [0.2, 0.25) is 0 Å². The number of aromatic nitrogens is 2. The van der Waals surface area contributed by atoms with Crippen molar-refractivity contribution in [2.24, 2.45) is 5.92 Å². The fourth-order valence-electron chi connectivity index (χ4n) is 1.67. The van der Waals surface area contributed by atoms with Crippen molar-refractivity contribution in [2.45, 2.75) is 13.8 Å². The van der Waals surface area contributed by atoms with Crippen LogP contribution >= 0.6 is 0 Å². The van der Waals surface area contributed by atoms with Crippen molar-refractivity contribution < 1.29 is 9.53 Å². The molecule has 0 saturated carbocycles. The van der Waals surface area contributed by atoms with Gasteiger partial charge in [0.05, 0.1) is 19.0 Å². The van der Waals surface area contributed by atoms with E-state index < -0.39 is 0 Å². The minimum atomic E-state index is -0.115. The first kappa shape index (κ1) is 15.4. The Bertz CT molecular complexity index is 409. The predicted octanol–water partition coefficient (Wildman–Crippen LogP) is 1.26. The highest BCUT2D eigenvalue weighted by Crippen LogP contribution is 2.07. The van der Waals surface area contributed by atoms with E-state index >= 15 is 0 Å². The second-order valence-electron chi connectivity index (χ2n) is 4.68. The van der Waals surface area contributed by atoms with Crippen LogP contribution in [0.5, 0.6) is 0 Å². The maximum absolute atomic E-state index is 12.4. The molecular formula is C13H22N4O2. The minimum absolute atomic E-state index is 0.115. The first-order valence-electron chi connectivity index (χ1n) is 6.36. The molecule has 0 radical (unpaired) electrons. The standard InChI is InChI=1S/C13H22N4O2/c1-10(2)9-17(5-6-19-4)13(18)11-7-15-8-12(14-3)16-11/h7-8,10H,5-6,9H2,1-4H3,(H,14,16). The Morgan fingerprint density at radius 2 is 2.21 bits per heavy atom. The zero-order chi connectivity index (χ0) is 14.3. The summed E-state index contributed by atoms with van der Waals surface area (Å²) in [6.45, 7) is 5.88. The molecule has 1 aromatic heterocycles. The van der Waals surface area contributed by atoms with Crippen LogP contribution in [0, 0.1) is 5.92 Å². The SMILES string of the molecule is CNc1cncc(C(=O)N(CCOC)CC(C)C)n1. The van der Waals surface area contributed by atoms with Crippen LogP contribution in [-0.2, 0) is 4.74 Å². The van der Waals surface area contributed by atoms with Crippen LogP contribution < -0.4 is 5.32 Å². The Morgan fingerprint density at radius 1 is 1.47 bits per heavy atom. The molecule has 106 valence electrons. The molecule has 6 heteroatoms. The maximum Gasteiger partial charge on any atom is 0.274 e. The topological polar surface area (TPSA) is 67.4 Å². The first-order valence-corrected chi connectivity index (χ1v) is 6.36. The zero-order valence-electron chi connectivity index (χ0n) is 12.0. The molecule has 0 spiro atoms. The van der Waals surface area contributed by atoms with Crippen LogP contribution in [0.25, 0.3) is 0 Å². The summed E-state index contributed by atoms with van der Waals surface area (Å²) in [5.41, 5.74) is 0.351. The molecule has 1 amide bonds. The summed E-state index contributed by atoms with van der Waals surface area (Å²) in [4.78, 5) is 22.4. The van der Waals surface area contributed by atoms with E-state index in [1.54, 1.807) is 25.3 Å². The molecule has 1 rings (SSSR count). The smallest absolute Gasteiger partial charge is 0.274 e. The number of hydrogen-bond acceptors (Lipinski definition) is 5. The molecule has 0 saturated heterocycles. The highest BCUT2D eigenvalue weighted by atomic mass is 16.5. The number of nitrogens with zero attached hydrogens (tertiary/aromatic N) is 3. The van der Waals surface area contributed by atoms with Crippen molar-refractivity contribution in [2.75, 3.05) is 39.2 Å². The summed E-state index contributed by atoms with van der Waals surface area (Å²) in [6.07, 6.45) is 3.07. The largest absolute Gasteiger partial charge is 0.383 e. The number of carbonyl (C=O) groups is 1. The second kappa shape index (κ2) is 7.68. The number of carbonyl (C=O) groups excluding carboxylic acids is 1. The Morgan fingerprint density at radius 3 is 2.79 bits per heavy atom. The first-order chi connectivity index (χ1) is 9.08. The van der Waals surface area contributed by atoms with Gasteiger partial charge in [-0.25, -0.2) is 4.98 Å². The molecule has 0 aromatic carbocycles. The molecule has 0 unspecified atom stereocenters. The van der Waals surface area contributed by atoms with Crippen LogP contribution in [0.15, 0.2) is 12.4 Å². The summed E-state index contributed by atoms with van der Waals surface area (Å²) in [6, 6.07) is 0. The number of rotatable bonds is 7. The fraction of sp³-hybridized carbons (Fsp3) is 0.615. The molecule has 0 bridgehead atoms. The van der Waals surface area contributed by atoms with E-state index in [1.165, 1.54) is 6.20 Å². The van der Waals surface area contributed by atoms with Gasteiger partial charge in [-0.2, -0.15) is 0 Å². The maximum atomic E-state index is 12.4. The lowest BCUT2D eigenvalue weighted by Crippen LogP contribution is -2.37. The molecule has 0 aliphatic rings. The molecule has 1 N–H and O–H groups in total. The normalized spacial score (nSPS) is 10.6. The molecule has 0 fully saturated rings.